The highest BCUT2D eigenvalue weighted by Crippen LogP contribution is 2.27. The van der Waals surface area contributed by atoms with Crippen molar-refractivity contribution in [1.29, 1.82) is 0 Å². The Morgan fingerprint density at radius 2 is 1.88 bits per heavy atom. The van der Waals surface area contributed by atoms with Crippen LogP contribution in [0.25, 0.3) is 6.08 Å². The summed E-state index contributed by atoms with van der Waals surface area (Å²) in [5, 5.41) is 2.95. The van der Waals surface area contributed by atoms with Crippen molar-refractivity contribution in [2.75, 3.05) is 25.5 Å². The molecule has 0 heterocycles. The van der Waals surface area contributed by atoms with E-state index in [-0.39, 0.29) is 5.91 Å². The molecule has 0 radical (unpaired) electrons. The fourth-order valence-corrected chi connectivity index (χ4v) is 2.79. The molecular weight excluding hydrogens is 312 g/mol. The second kappa shape index (κ2) is 8.49. The van der Waals surface area contributed by atoms with Crippen molar-refractivity contribution in [3.63, 3.8) is 0 Å². The van der Waals surface area contributed by atoms with Crippen LogP contribution >= 0.6 is 0 Å². The topological polar surface area (TPSA) is 41.6 Å². The van der Waals surface area contributed by atoms with Crippen molar-refractivity contribution < 1.29 is 9.53 Å². The van der Waals surface area contributed by atoms with Gasteiger partial charge in [0.2, 0.25) is 5.91 Å². The van der Waals surface area contributed by atoms with Crippen LogP contribution in [0.1, 0.15) is 18.4 Å². The van der Waals surface area contributed by atoms with E-state index >= 15 is 0 Å². The van der Waals surface area contributed by atoms with Crippen molar-refractivity contribution in [2.24, 2.45) is 0 Å². The number of carbonyl (C=O) groups excluding carboxylic acids is 1. The van der Waals surface area contributed by atoms with Gasteiger partial charge in [0.05, 0.1) is 19.3 Å². The standard InChI is InChI=1S/C21H24N2O2/c1-25-20-12-6-5-11-19(20)22-21(24)16-23(18-13-14-18)15-7-10-17-8-3-2-4-9-17/h2-12,18H,13-16H2,1H3,(H,22,24)/b10-7+. The Kier molecular flexibility index (Phi) is 5.86. The third-order valence-corrected chi connectivity index (χ3v) is 4.24. The highest BCUT2D eigenvalue weighted by molar-refractivity contribution is 5.93. The minimum absolute atomic E-state index is 0.00971. The summed E-state index contributed by atoms with van der Waals surface area (Å²) in [5.74, 6) is 0.669. The van der Waals surface area contributed by atoms with Crippen molar-refractivity contribution >= 4 is 17.7 Å². The van der Waals surface area contributed by atoms with E-state index < -0.39 is 0 Å². The molecule has 3 rings (SSSR count). The van der Waals surface area contributed by atoms with E-state index in [4.69, 9.17) is 4.74 Å². The van der Waals surface area contributed by atoms with E-state index in [1.54, 1.807) is 7.11 Å². The van der Waals surface area contributed by atoms with Gasteiger partial charge in [0.1, 0.15) is 5.75 Å². The number of amides is 1. The maximum atomic E-state index is 12.4. The Morgan fingerprint density at radius 1 is 1.16 bits per heavy atom. The van der Waals surface area contributed by atoms with Gasteiger partial charge >= 0.3 is 0 Å². The fraction of sp³-hybridized carbons (Fsp3) is 0.286. The second-order valence-corrected chi connectivity index (χ2v) is 6.22. The molecule has 4 nitrogen and oxygen atoms in total. The normalized spacial score (nSPS) is 14.0. The Balaban J connectivity index is 1.56. The van der Waals surface area contributed by atoms with Gasteiger partial charge in [-0.15, -0.1) is 0 Å². The lowest BCUT2D eigenvalue weighted by Gasteiger charge is -2.20. The lowest BCUT2D eigenvalue weighted by molar-refractivity contribution is -0.117. The van der Waals surface area contributed by atoms with Gasteiger partial charge in [-0.05, 0) is 30.5 Å². The summed E-state index contributed by atoms with van der Waals surface area (Å²) in [6.07, 6.45) is 6.57. The fourth-order valence-electron chi connectivity index (χ4n) is 2.79. The van der Waals surface area contributed by atoms with Crippen LogP contribution in [0.3, 0.4) is 0 Å². The first-order chi connectivity index (χ1) is 12.3. The van der Waals surface area contributed by atoms with Crippen LogP contribution in [-0.2, 0) is 4.79 Å². The molecule has 0 aromatic heterocycles. The van der Waals surface area contributed by atoms with Crippen LogP contribution in [-0.4, -0.2) is 37.0 Å². The number of nitrogens with zero attached hydrogens (tertiary/aromatic N) is 1. The zero-order chi connectivity index (χ0) is 17.5. The molecule has 1 N–H and O–H groups in total. The number of nitrogens with one attached hydrogen (secondary N) is 1. The van der Waals surface area contributed by atoms with E-state index in [0.717, 1.165) is 6.54 Å². The van der Waals surface area contributed by atoms with Gasteiger partial charge in [-0.25, -0.2) is 0 Å². The largest absolute Gasteiger partial charge is 0.495 e. The summed E-state index contributed by atoms with van der Waals surface area (Å²) < 4.78 is 5.29. The van der Waals surface area contributed by atoms with Gasteiger partial charge in [0.25, 0.3) is 0 Å². The summed E-state index contributed by atoms with van der Waals surface area (Å²) >= 11 is 0. The summed E-state index contributed by atoms with van der Waals surface area (Å²) in [7, 11) is 1.61. The molecule has 1 amide bonds. The third kappa shape index (κ3) is 5.19. The lowest BCUT2D eigenvalue weighted by atomic mass is 10.2. The Labute approximate surface area is 149 Å². The molecule has 4 heteroatoms. The van der Waals surface area contributed by atoms with E-state index in [1.807, 2.05) is 42.5 Å². The Bertz CT molecular complexity index is 724. The first kappa shape index (κ1) is 17.2. The molecule has 0 aliphatic heterocycles. The smallest absolute Gasteiger partial charge is 0.238 e. The predicted octanol–water partition coefficient (Wildman–Crippen LogP) is 3.81. The zero-order valence-electron chi connectivity index (χ0n) is 14.5. The van der Waals surface area contributed by atoms with Crippen LogP contribution in [0.2, 0.25) is 0 Å². The van der Waals surface area contributed by atoms with Crippen LogP contribution in [0.4, 0.5) is 5.69 Å². The molecule has 2 aromatic carbocycles. The lowest BCUT2D eigenvalue weighted by Crippen LogP contribution is -2.35. The zero-order valence-corrected chi connectivity index (χ0v) is 14.5. The molecule has 25 heavy (non-hydrogen) atoms. The third-order valence-electron chi connectivity index (χ3n) is 4.24. The molecule has 1 aliphatic carbocycles. The number of ether oxygens (including phenoxy) is 1. The average molecular weight is 336 g/mol. The number of methoxy groups -OCH3 is 1. The van der Waals surface area contributed by atoms with Crippen LogP contribution in [0.5, 0.6) is 5.75 Å². The molecule has 130 valence electrons. The quantitative estimate of drug-likeness (QED) is 0.797. The Hall–Kier alpha value is -2.59. The van der Waals surface area contributed by atoms with Gasteiger partial charge < -0.3 is 10.1 Å². The first-order valence-electron chi connectivity index (χ1n) is 8.65. The molecule has 0 atom stereocenters. The average Bonchev–Trinajstić information content (AvgIpc) is 3.47. The number of benzene rings is 2. The summed E-state index contributed by atoms with van der Waals surface area (Å²) in [4.78, 5) is 14.7. The van der Waals surface area contributed by atoms with E-state index in [1.165, 1.54) is 18.4 Å². The summed E-state index contributed by atoms with van der Waals surface area (Å²) in [6, 6.07) is 18.2. The molecule has 2 aromatic rings. The van der Waals surface area contributed by atoms with Crippen LogP contribution in [0, 0.1) is 0 Å². The summed E-state index contributed by atoms with van der Waals surface area (Å²) in [5.41, 5.74) is 1.89. The minimum Gasteiger partial charge on any atom is -0.495 e. The van der Waals surface area contributed by atoms with Crippen molar-refractivity contribution in [2.45, 2.75) is 18.9 Å². The number of para-hydroxylation sites is 2. The van der Waals surface area contributed by atoms with E-state index in [9.17, 15) is 4.79 Å². The monoisotopic (exact) mass is 336 g/mol. The first-order valence-corrected chi connectivity index (χ1v) is 8.65. The van der Waals surface area contributed by atoms with Gasteiger partial charge in [-0.1, -0.05) is 54.6 Å². The highest BCUT2D eigenvalue weighted by Gasteiger charge is 2.29. The molecule has 0 bridgehead atoms. The van der Waals surface area contributed by atoms with Crippen molar-refractivity contribution in [3.8, 4) is 5.75 Å². The maximum absolute atomic E-state index is 12.4. The number of carbonyl (C=O) groups is 1. The van der Waals surface area contributed by atoms with Gasteiger partial charge in [0, 0.05) is 12.6 Å². The van der Waals surface area contributed by atoms with Gasteiger partial charge in [-0.2, -0.15) is 0 Å². The predicted molar refractivity (Wildman–Crippen MR) is 102 cm³/mol. The van der Waals surface area contributed by atoms with E-state index in [2.05, 4.69) is 34.5 Å². The highest BCUT2D eigenvalue weighted by atomic mass is 16.5. The number of hydrogen-bond acceptors (Lipinski definition) is 3. The summed E-state index contributed by atoms with van der Waals surface area (Å²) in [6.45, 7) is 1.17. The van der Waals surface area contributed by atoms with Crippen molar-refractivity contribution in [1.82, 2.24) is 4.90 Å². The minimum atomic E-state index is -0.00971. The van der Waals surface area contributed by atoms with E-state index in [0.29, 0.717) is 24.0 Å². The van der Waals surface area contributed by atoms with Crippen molar-refractivity contribution in [3.05, 3.63) is 66.2 Å². The Morgan fingerprint density at radius 3 is 2.60 bits per heavy atom. The van der Waals surface area contributed by atoms with Gasteiger partial charge in [-0.3, -0.25) is 9.69 Å². The molecule has 1 saturated carbocycles. The number of rotatable bonds is 8. The maximum Gasteiger partial charge on any atom is 0.238 e. The van der Waals surface area contributed by atoms with Crippen LogP contribution in [0.15, 0.2) is 60.7 Å². The number of anilines is 1. The SMILES string of the molecule is COc1ccccc1NC(=O)CN(C/C=C/c1ccccc1)C1CC1. The molecule has 0 saturated heterocycles. The molecular formula is C21H24N2O2. The molecule has 1 fully saturated rings. The molecule has 0 spiro atoms. The van der Waals surface area contributed by atoms with Gasteiger partial charge in [0.15, 0.2) is 0 Å². The second-order valence-electron chi connectivity index (χ2n) is 6.22. The molecule has 1 aliphatic rings. The molecule has 0 unspecified atom stereocenters. The van der Waals surface area contributed by atoms with Crippen LogP contribution < -0.4 is 10.1 Å². The number of hydrogen-bond donors (Lipinski definition) is 1.